The van der Waals surface area contributed by atoms with Gasteiger partial charge in [0.15, 0.2) is 5.82 Å². The van der Waals surface area contributed by atoms with Crippen LogP contribution < -0.4 is 5.43 Å². The molecule has 0 atom stereocenters. The predicted octanol–water partition coefficient (Wildman–Crippen LogP) is 2.61. The fraction of sp³-hybridized carbons (Fsp3) is 0.0769. The van der Waals surface area contributed by atoms with E-state index >= 15 is 0 Å². The first-order chi connectivity index (χ1) is 8.33. The number of aryl methyl sites for hydroxylation is 1. The minimum atomic E-state index is 0.778. The summed E-state index contributed by atoms with van der Waals surface area (Å²) in [5.41, 5.74) is 5.89. The summed E-state index contributed by atoms with van der Waals surface area (Å²) in [4.78, 5) is 9.07. The van der Waals surface area contributed by atoms with Crippen molar-refractivity contribution in [2.45, 2.75) is 6.92 Å². The highest BCUT2D eigenvalue weighted by atomic mass is 15.4. The van der Waals surface area contributed by atoms with Crippen molar-refractivity contribution in [1.82, 2.24) is 14.6 Å². The number of hydrogen-bond donors (Lipinski definition) is 1. The third kappa shape index (κ3) is 1.85. The molecule has 0 aliphatic carbocycles. The van der Waals surface area contributed by atoms with E-state index in [1.54, 1.807) is 0 Å². The lowest BCUT2D eigenvalue weighted by Crippen LogP contribution is -2.09. The van der Waals surface area contributed by atoms with Gasteiger partial charge in [0.2, 0.25) is 0 Å². The van der Waals surface area contributed by atoms with Gasteiger partial charge in [-0.05, 0) is 31.2 Å². The van der Waals surface area contributed by atoms with Crippen LogP contribution in [0.3, 0.4) is 0 Å². The lowest BCUT2D eigenvalue weighted by atomic mass is 10.3. The summed E-state index contributed by atoms with van der Waals surface area (Å²) in [6.45, 7) is 1.95. The number of anilines is 1. The van der Waals surface area contributed by atoms with Crippen molar-refractivity contribution in [1.29, 1.82) is 0 Å². The van der Waals surface area contributed by atoms with Crippen molar-refractivity contribution >= 4 is 16.9 Å². The number of nitrogens with one attached hydrogen (secondary N) is 1. The zero-order chi connectivity index (χ0) is 11.7. The second-order valence-corrected chi connectivity index (χ2v) is 3.85. The van der Waals surface area contributed by atoms with E-state index in [1.165, 1.54) is 0 Å². The van der Waals surface area contributed by atoms with E-state index in [2.05, 4.69) is 15.4 Å². The van der Waals surface area contributed by atoms with Crippen LogP contribution in [0.15, 0.2) is 48.8 Å². The van der Waals surface area contributed by atoms with Gasteiger partial charge in [0, 0.05) is 12.4 Å². The van der Waals surface area contributed by atoms with E-state index < -0.39 is 0 Å². The minimum absolute atomic E-state index is 0.778. The molecule has 0 saturated carbocycles. The number of para-hydroxylation sites is 2. The highest BCUT2D eigenvalue weighted by Crippen LogP contribution is 2.15. The Labute approximate surface area is 98.9 Å². The smallest absolute Gasteiger partial charge is 0.167 e. The first kappa shape index (κ1) is 9.84. The van der Waals surface area contributed by atoms with Crippen molar-refractivity contribution in [3.05, 3.63) is 54.5 Å². The highest BCUT2D eigenvalue weighted by Gasteiger charge is 2.04. The molecule has 0 bridgehead atoms. The van der Waals surface area contributed by atoms with Crippen molar-refractivity contribution in [3.63, 3.8) is 0 Å². The SMILES string of the molecule is Cc1nc2ccccc2nc1Nn1cccc1. The third-order valence-electron chi connectivity index (χ3n) is 2.58. The van der Waals surface area contributed by atoms with Gasteiger partial charge in [-0.2, -0.15) is 0 Å². The standard InChI is InChI=1S/C13H12N4/c1-10-13(16-17-8-4-5-9-17)15-12-7-3-2-6-11(12)14-10/h2-9H,1H3,(H,15,16). The molecule has 2 aromatic heterocycles. The first-order valence-corrected chi connectivity index (χ1v) is 5.46. The van der Waals surface area contributed by atoms with Gasteiger partial charge < -0.3 is 0 Å². The molecule has 0 radical (unpaired) electrons. The van der Waals surface area contributed by atoms with Crippen LogP contribution in [0.4, 0.5) is 5.82 Å². The molecule has 0 spiro atoms. The summed E-state index contributed by atoms with van der Waals surface area (Å²) in [5.74, 6) is 0.778. The van der Waals surface area contributed by atoms with Gasteiger partial charge in [-0.25, -0.2) is 9.97 Å². The molecule has 84 valence electrons. The van der Waals surface area contributed by atoms with E-state index in [-0.39, 0.29) is 0 Å². The Hall–Kier alpha value is -2.36. The Bertz CT molecular complexity index is 644. The molecule has 3 aromatic rings. The molecule has 0 unspecified atom stereocenters. The van der Waals surface area contributed by atoms with Crippen LogP contribution in [0, 0.1) is 6.92 Å². The number of benzene rings is 1. The molecule has 4 heteroatoms. The topological polar surface area (TPSA) is 42.7 Å². The molecule has 3 rings (SSSR count). The van der Waals surface area contributed by atoms with Crippen LogP contribution in [0.2, 0.25) is 0 Å². The zero-order valence-electron chi connectivity index (χ0n) is 9.46. The Morgan fingerprint density at radius 2 is 1.59 bits per heavy atom. The lowest BCUT2D eigenvalue weighted by Gasteiger charge is -2.09. The number of fused-ring (bicyclic) bond motifs is 1. The van der Waals surface area contributed by atoms with Crippen LogP contribution in [0.1, 0.15) is 5.69 Å². The van der Waals surface area contributed by atoms with Gasteiger partial charge in [0.25, 0.3) is 0 Å². The Kier molecular flexibility index (Phi) is 2.26. The fourth-order valence-electron chi connectivity index (χ4n) is 1.73. The summed E-state index contributed by atoms with van der Waals surface area (Å²) in [6.07, 6.45) is 3.85. The summed E-state index contributed by atoms with van der Waals surface area (Å²) >= 11 is 0. The molecule has 0 amide bonds. The average molecular weight is 224 g/mol. The summed E-state index contributed by atoms with van der Waals surface area (Å²) in [6, 6.07) is 11.8. The molecular weight excluding hydrogens is 212 g/mol. The van der Waals surface area contributed by atoms with E-state index in [9.17, 15) is 0 Å². The van der Waals surface area contributed by atoms with Gasteiger partial charge >= 0.3 is 0 Å². The zero-order valence-corrected chi connectivity index (χ0v) is 9.46. The fourth-order valence-corrected chi connectivity index (χ4v) is 1.73. The van der Waals surface area contributed by atoms with Crippen molar-refractivity contribution in [3.8, 4) is 0 Å². The van der Waals surface area contributed by atoms with Gasteiger partial charge in [-0.3, -0.25) is 10.1 Å². The monoisotopic (exact) mass is 224 g/mol. The Morgan fingerprint density at radius 3 is 2.29 bits per heavy atom. The van der Waals surface area contributed by atoms with Crippen LogP contribution in [-0.4, -0.2) is 14.6 Å². The number of nitrogens with zero attached hydrogens (tertiary/aromatic N) is 3. The van der Waals surface area contributed by atoms with Gasteiger partial charge in [-0.1, -0.05) is 12.1 Å². The summed E-state index contributed by atoms with van der Waals surface area (Å²) in [5, 5.41) is 0. The molecule has 17 heavy (non-hydrogen) atoms. The molecule has 2 heterocycles. The van der Waals surface area contributed by atoms with Crippen molar-refractivity contribution < 1.29 is 0 Å². The van der Waals surface area contributed by atoms with E-state index in [0.29, 0.717) is 0 Å². The number of rotatable bonds is 2. The average Bonchev–Trinajstić information content (AvgIpc) is 2.83. The van der Waals surface area contributed by atoms with Crippen LogP contribution in [0.5, 0.6) is 0 Å². The lowest BCUT2D eigenvalue weighted by molar-refractivity contribution is 0.943. The second kappa shape index (κ2) is 3.90. The van der Waals surface area contributed by atoms with Crippen molar-refractivity contribution in [2.75, 3.05) is 5.43 Å². The van der Waals surface area contributed by atoms with Gasteiger partial charge in [0.05, 0.1) is 16.7 Å². The van der Waals surface area contributed by atoms with Crippen LogP contribution >= 0.6 is 0 Å². The van der Waals surface area contributed by atoms with E-state index in [0.717, 1.165) is 22.5 Å². The molecule has 1 N–H and O–H groups in total. The summed E-state index contributed by atoms with van der Waals surface area (Å²) < 4.78 is 1.85. The largest absolute Gasteiger partial charge is 0.277 e. The molecule has 1 aromatic carbocycles. The quantitative estimate of drug-likeness (QED) is 0.727. The molecule has 0 aliphatic heterocycles. The molecule has 0 fully saturated rings. The van der Waals surface area contributed by atoms with Crippen LogP contribution in [-0.2, 0) is 0 Å². The van der Waals surface area contributed by atoms with E-state index in [4.69, 9.17) is 0 Å². The Morgan fingerprint density at radius 1 is 0.941 bits per heavy atom. The molecule has 0 saturated heterocycles. The first-order valence-electron chi connectivity index (χ1n) is 5.46. The molecular formula is C13H12N4. The minimum Gasteiger partial charge on any atom is -0.277 e. The second-order valence-electron chi connectivity index (χ2n) is 3.85. The normalized spacial score (nSPS) is 10.6. The van der Waals surface area contributed by atoms with Crippen LogP contribution in [0.25, 0.3) is 11.0 Å². The maximum Gasteiger partial charge on any atom is 0.167 e. The highest BCUT2D eigenvalue weighted by molar-refractivity contribution is 5.76. The maximum absolute atomic E-state index is 4.56. The molecule has 0 aliphatic rings. The van der Waals surface area contributed by atoms with Crippen molar-refractivity contribution in [2.24, 2.45) is 0 Å². The van der Waals surface area contributed by atoms with Gasteiger partial charge in [-0.15, -0.1) is 0 Å². The summed E-state index contributed by atoms with van der Waals surface area (Å²) in [7, 11) is 0. The number of hydrogen-bond acceptors (Lipinski definition) is 3. The Balaban J connectivity index is 2.07. The number of aromatic nitrogens is 3. The molecule has 4 nitrogen and oxygen atoms in total. The maximum atomic E-state index is 4.56. The van der Waals surface area contributed by atoms with Gasteiger partial charge in [0.1, 0.15) is 0 Å². The predicted molar refractivity (Wildman–Crippen MR) is 67.7 cm³/mol. The van der Waals surface area contributed by atoms with E-state index in [1.807, 2.05) is 60.4 Å². The third-order valence-corrected chi connectivity index (χ3v) is 2.58.